The topological polar surface area (TPSA) is 88.7 Å². The molecule has 0 saturated carbocycles. The Kier molecular flexibility index (Phi) is 5.37. The quantitative estimate of drug-likeness (QED) is 0.841. The van der Waals surface area contributed by atoms with Gasteiger partial charge in [-0.1, -0.05) is 0 Å². The molecule has 7 nitrogen and oxygen atoms in total. The zero-order valence-electron chi connectivity index (χ0n) is 17.5. The van der Waals surface area contributed by atoms with Crippen molar-refractivity contribution in [2.45, 2.75) is 39.2 Å². The number of H-pyrrole nitrogens is 1. The fraction of sp³-hybridized carbons (Fsp3) is 0.435. The van der Waals surface area contributed by atoms with Crippen molar-refractivity contribution >= 4 is 11.7 Å². The molecule has 0 radical (unpaired) electrons. The van der Waals surface area contributed by atoms with Gasteiger partial charge in [0.05, 0.1) is 12.7 Å². The molecule has 2 atom stereocenters. The molecule has 1 aromatic carbocycles. The summed E-state index contributed by atoms with van der Waals surface area (Å²) in [4.78, 5) is 42.5. The summed E-state index contributed by atoms with van der Waals surface area (Å²) in [5, 5.41) is 0. The van der Waals surface area contributed by atoms with E-state index in [-0.39, 0.29) is 41.3 Å². The highest BCUT2D eigenvalue weighted by Gasteiger charge is 2.36. The third-order valence-electron chi connectivity index (χ3n) is 6.15. The van der Waals surface area contributed by atoms with Crippen LogP contribution in [0.15, 0.2) is 29.1 Å². The monoisotopic (exact) mass is 410 g/mol. The fourth-order valence-electron chi connectivity index (χ4n) is 4.27. The lowest BCUT2D eigenvalue weighted by molar-refractivity contribution is 0.0407. The highest BCUT2D eigenvalue weighted by Crippen LogP contribution is 2.35. The van der Waals surface area contributed by atoms with Crippen molar-refractivity contribution in [2.75, 3.05) is 20.2 Å². The third-order valence-corrected chi connectivity index (χ3v) is 6.15. The predicted octanol–water partition coefficient (Wildman–Crippen LogP) is 2.89. The van der Waals surface area contributed by atoms with Crippen LogP contribution in [0.1, 0.15) is 51.2 Å². The van der Waals surface area contributed by atoms with E-state index >= 15 is 0 Å². The number of hydrogen-bond donors (Lipinski definition) is 1. The number of methoxy groups -OCH3 is 1. The van der Waals surface area contributed by atoms with E-state index in [2.05, 4.69) is 4.98 Å². The molecule has 2 aromatic rings. The number of aromatic nitrogens is 1. The Morgan fingerprint density at radius 1 is 1.23 bits per heavy atom. The number of ether oxygens (including phenoxy) is 2. The summed E-state index contributed by atoms with van der Waals surface area (Å²) in [6.07, 6.45) is 1.67. The molecule has 30 heavy (non-hydrogen) atoms. The number of fused-ring (bicyclic) bond motifs is 1. The van der Waals surface area contributed by atoms with E-state index in [1.807, 2.05) is 13.8 Å². The van der Waals surface area contributed by atoms with Crippen LogP contribution in [-0.4, -0.2) is 47.9 Å². The smallest absolute Gasteiger partial charge is 0.261 e. The molecule has 1 aromatic heterocycles. The number of pyridine rings is 1. The highest BCUT2D eigenvalue weighted by atomic mass is 16.5. The molecule has 3 heterocycles. The average molecular weight is 410 g/mol. The molecule has 1 amide bonds. The molecule has 158 valence electrons. The van der Waals surface area contributed by atoms with Crippen molar-refractivity contribution in [2.24, 2.45) is 5.92 Å². The Balaban J connectivity index is 1.52. The third kappa shape index (κ3) is 3.72. The van der Waals surface area contributed by atoms with Crippen molar-refractivity contribution in [3.63, 3.8) is 0 Å². The molecule has 2 unspecified atom stereocenters. The summed E-state index contributed by atoms with van der Waals surface area (Å²) in [5.41, 5.74) is 1.97. The minimum absolute atomic E-state index is 0.0224. The Bertz CT molecular complexity index is 1060. The van der Waals surface area contributed by atoms with Crippen LogP contribution >= 0.6 is 0 Å². The van der Waals surface area contributed by atoms with Crippen LogP contribution in [0.5, 0.6) is 11.5 Å². The van der Waals surface area contributed by atoms with E-state index in [1.54, 1.807) is 36.3 Å². The molecule has 0 spiro atoms. The van der Waals surface area contributed by atoms with Crippen LogP contribution in [0.2, 0.25) is 0 Å². The maximum absolute atomic E-state index is 13.0. The number of nitrogens with one attached hydrogen (secondary N) is 1. The number of likely N-dealkylation sites (tertiary alicyclic amines) is 1. The van der Waals surface area contributed by atoms with E-state index in [0.29, 0.717) is 30.2 Å². The summed E-state index contributed by atoms with van der Waals surface area (Å²) < 4.78 is 11.4. The standard InChI is InChI=1S/C23H26N2O5/c1-13-9-18(22(27)24-14(13)2)23(28)25-8-4-5-15(12-25)21-11-19(26)17-10-16(29-3)6-7-20(17)30-21/h6-7,9-10,15,21H,4-5,8,11-12H2,1-3H3,(H,24,27). The van der Waals surface area contributed by atoms with Gasteiger partial charge in [0.1, 0.15) is 23.2 Å². The van der Waals surface area contributed by atoms with Crippen LogP contribution in [0.3, 0.4) is 0 Å². The number of carbonyl (C=O) groups is 2. The van der Waals surface area contributed by atoms with Gasteiger partial charge in [0.2, 0.25) is 0 Å². The first-order valence-corrected chi connectivity index (χ1v) is 10.2. The van der Waals surface area contributed by atoms with Gasteiger partial charge in [-0.05, 0) is 56.5 Å². The minimum atomic E-state index is -0.364. The number of aromatic amines is 1. The number of ketones is 1. The Labute approximate surface area is 175 Å². The molecule has 1 saturated heterocycles. The van der Waals surface area contributed by atoms with E-state index in [4.69, 9.17) is 9.47 Å². The lowest BCUT2D eigenvalue weighted by Crippen LogP contribution is -2.47. The summed E-state index contributed by atoms with van der Waals surface area (Å²) >= 11 is 0. The largest absolute Gasteiger partial charge is 0.497 e. The van der Waals surface area contributed by atoms with Gasteiger partial charge < -0.3 is 19.4 Å². The van der Waals surface area contributed by atoms with E-state index in [9.17, 15) is 14.4 Å². The van der Waals surface area contributed by atoms with Gasteiger partial charge in [-0.2, -0.15) is 0 Å². The van der Waals surface area contributed by atoms with E-state index in [1.165, 1.54) is 0 Å². The number of carbonyl (C=O) groups excluding carboxylic acids is 2. The zero-order valence-corrected chi connectivity index (χ0v) is 17.5. The Hall–Kier alpha value is -3.09. The van der Waals surface area contributed by atoms with Crippen molar-refractivity contribution in [1.29, 1.82) is 0 Å². The fourth-order valence-corrected chi connectivity index (χ4v) is 4.27. The summed E-state index contributed by atoms with van der Waals surface area (Å²) in [5.74, 6) is 0.973. The maximum atomic E-state index is 13.0. The number of piperidine rings is 1. The molecule has 2 aliphatic rings. The van der Waals surface area contributed by atoms with Crippen LogP contribution in [-0.2, 0) is 0 Å². The molecule has 1 fully saturated rings. The highest BCUT2D eigenvalue weighted by molar-refractivity contribution is 6.00. The van der Waals surface area contributed by atoms with Gasteiger partial charge in [-0.25, -0.2) is 0 Å². The maximum Gasteiger partial charge on any atom is 0.261 e. The van der Waals surface area contributed by atoms with Gasteiger partial charge in [0, 0.05) is 31.1 Å². The molecule has 1 N–H and O–H groups in total. The first-order chi connectivity index (χ1) is 14.4. The van der Waals surface area contributed by atoms with Gasteiger partial charge >= 0.3 is 0 Å². The molecule has 4 rings (SSSR count). The Morgan fingerprint density at radius 2 is 2.03 bits per heavy atom. The van der Waals surface area contributed by atoms with Crippen molar-refractivity contribution < 1.29 is 19.1 Å². The van der Waals surface area contributed by atoms with Gasteiger partial charge in [-0.3, -0.25) is 14.4 Å². The van der Waals surface area contributed by atoms with Crippen LogP contribution in [0.4, 0.5) is 0 Å². The second-order valence-corrected chi connectivity index (χ2v) is 8.12. The second-order valence-electron chi connectivity index (χ2n) is 8.12. The minimum Gasteiger partial charge on any atom is -0.497 e. The lowest BCUT2D eigenvalue weighted by Gasteiger charge is -2.38. The van der Waals surface area contributed by atoms with Crippen molar-refractivity contribution in [3.05, 3.63) is 57.0 Å². The number of rotatable bonds is 3. The van der Waals surface area contributed by atoms with E-state index in [0.717, 1.165) is 24.1 Å². The normalized spacial score (nSPS) is 21.0. The number of Topliss-reactive ketones (excluding diaryl/α,β-unsaturated/α-hetero) is 1. The summed E-state index contributed by atoms with van der Waals surface area (Å²) in [7, 11) is 1.56. The van der Waals surface area contributed by atoms with E-state index < -0.39 is 0 Å². The second kappa shape index (κ2) is 7.97. The summed E-state index contributed by atoms with van der Waals surface area (Å²) in [6.45, 7) is 4.74. The number of nitrogens with zero attached hydrogens (tertiary/aromatic N) is 1. The number of amides is 1. The molecular weight excluding hydrogens is 384 g/mol. The van der Waals surface area contributed by atoms with Gasteiger partial charge in [0.25, 0.3) is 11.5 Å². The SMILES string of the molecule is COc1ccc2c(c1)C(=O)CC(C1CCCN(C(=O)c3cc(C)c(C)[nH]c3=O)C1)O2. The molecule has 2 aliphatic heterocycles. The van der Waals surface area contributed by atoms with Crippen LogP contribution in [0.25, 0.3) is 0 Å². The first-order valence-electron chi connectivity index (χ1n) is 10.2. The van der Waals surface area contributed by atoms with Crippen LogP contribution < -0.4 is 15.0 Å². The molecule has 0 aliphatic carbocycles. The molecule has 0 bridgehead atoms. The molecular formula is C23H26N2O5. The number of benzene rings is 1. The summed E-state index contributed by atoms with van der Waals surface area (Å²) in [6, 6.07) is 6.90. The number of hydrogen-bond acceptors (Lipinski definition) is 5. The van der Waals surface area contributed by atoms with Crippen molar-refractivity contribution in [3.8, 4) is 11.5 Å². The predicted molar refractivity (Wildman–Crippen MR) is 112 cm³/mol. The van der Waals surface area contributed by atoms with Crippen LogP contribution in [0, 0.1) is 19.8 Å². The first kappa shape index (κ1) is 20.2. The zero-order chi connectivity index (χ0) is 21.4. The number of aryl methyl sites for hydroxylation is 2. The lowest BCUT2D eigenvalue weighted by atomic mass is 9.86. The van der Waals surface area contributed by atoms with Gasteiger partial charge in [-0.15, -0.1) is 0 Å². The molecule has 7 heteroatoms. The average Bonchev–Trinajstić information content (AvgIpc) is 2.75. The van der Waals surface area contributed by atoms with Gasteiger partial charge in [0.15, 0.2) is 5.78 Å². The Morgan fingerprint density at radius 3 is 2.80 bits per heavy atom. The van der Waals surface area contributed by atoms with Crippen molar-refractivity contribution in [1.82, 2.24) is 9.88 Å².